The molecular formula is C7H9Cl2NSSi. The van der Waals surface area contributed by atoms with Gasteiger partial charge in [0.25, 0.3) is 6.69 Å². The molecule has 12 heavy (non-hydrogen) atoms. The number of pyridine rings is 1. The van der Waals surface area contributed by atoms with Gasteiger partial charge in [0.05, 0.1) is 5.03 Å². The van der Waals surface area contributed by atoms with Crippen LogP contribution in [0.5, 0.6) is 0 Å². The minimum atomic E-state index is -1.97. The summed E-state index contributed by atoms with van der Waals surface area (Å²) in [6.07, 6.45) is 1.77. The molecule has 1 rings (SSSR count). The lowest BCUT2D eigenvalue weighted by Crippen LogP contribution is -2.17. The second kappa shape index (κ2) is 4.51. The van der Waals surface area contributed by atoms with Gasteiger partial charge < -0.3 is 0 Å². The van der Waals surface area contributed by atoms with Crippen molar-refractivity contribution in [3.8, 4) is 0 Å². The number of halogens is 2. The standard InChI is InChI=1S/C7H9Cl2NSSi/c1-12(8,9)6-11-7-4-2-3-5-10-7/h2-5H,6H2,1H3. The summed E-state index contributed by atoms with van der Waals surface area (Å²) >= 11 is 13.5. The minimum absolute atomic E-state index is 0.785. The Morgan fingerprint density at radius 2 is 2.25 bits per heavy atom. The molecule has 0 aliphatic rings. The van der Waals surface area contributed by atoms with Crippen LogP contribution in [-0.2, 0) is 0 Å². The van der Waals surface area contributed by atoms with E-state index in [1.807, 2.05) is 24.7 Å². The zero-order chi connectivity index (χ0) is 9.03. The van der Waals surface area contributed by atoms with Crippen LogP contribution in [0, 0.1) is 0 Å². The van der Waals surface area contributed by atoms with Gasteiger partial charge in [-0.3, -0.25) is 0 Å². The van der Waals surface area contributed by atoms with Crippen LogP contribution >= 0.6 is 33.9 Å². The van der Waals surface area contributed by atoms with Gasteiger partial charge in [-0.05, 0) is 18.7 Å². The fraction of sp³-hybridized carbons (Fsp3) is 0.286. The van der Waals surface area contributed by atoms with Crippen molar-refractivity contribution in [3.05, 3.63) is 24.4 Å². The Morgan fingerprint density at radius 3 is 2.75 bits per heavy atom. The lowest BCUT2D eigenvalue weighted by Gasteiger charge is -2.07. The first-order chi connectivity index (χ1) is 5.58. The van der Waals surface area contributed by atoms with E-state index < -0.39 is 6.69 Å². The van der Waals surface area contributed by atoms with Gasteiger partial charge in [-0.1, -0.05) is 6.07 Å². The maximum absolute atomic E-state index is 5.94. The normalized spacial score (nSPS) is 11.6. The SMILES string of the molecule is C[Si](Cl)(Cl)CSc1ccccn1. The fourth-order valence-electron chi connectivity index (χ4n) is 0.633. The monoisotopic (exact) mass is 237 g/mol. The van der Waals surface area contributed by atoms with Gasteiger partial charge in [-0.2, -0.15) is 0 Å². The van der Waals surface area contributed by atoms with E-state index in [4.69, 9.17) is 22.2 Å². The minimum Gasteiger partial charge on any atom is -0.250 e. The third kappa shape index (κ3) is 4.35. The van der Waals surface area contributed by atoms with E-state index in [2.05, 4.69) is 4.98 Å². The molecule has 0 aliphatic heterocycles. The largest absolute Gasteiger partial charge is 0.258 e. The lowest BCUT2D eigenvalue weighted by atomic mass is 10.5. The Labute approximate surface area is 86.9 Å². The molecule has 0 aromatic carbocycles. The van der Waals surface area contributed by atoms with E-state index >= 15 is 0 Å². The Hall–Kier alpha value is 0.297. The summed E-state index contributed by atoms with van der Waals surface area (Å²) in [5, 5.41) is 1.77. The topological polar surface area (TPSA) is 12.9 Å². The van der Waals surface area contributed by atoms with E-state index in [0.29, 0.717) is 0 Å². The predicted molar refractivity (Wildman–Crippen MR) is 58.3 cm³/mol. The van der Waals surface area contributed by atoms with Crippen LogP contribution in [0.25, 0.3) is 0 Å². The molecule has 0 bridgehead atoms. The highest BCUT2D eigenvalue weighted by atomic mass is 35.7. The molecule has 0 unspecified atom stereocenters. The maximum atomic E-state index is 5.94. The molecule has 0 aliphatic carbocycles. The van der Waals surface area contributed by atoms with Crippen LogP contribution in [0.3, 0.4) is 0 Å². The summed E-state index contributed by atoms with van der Waals surface area (Å²) in [6, 6.07) is 5.80. The molecule has 66 valence electrons. The summed E-state index contributed by atoms with van der Waals surface area (Å²) in [6.45, 7) is -0.0638. The Bertz CT molecular complexity index is 237. The van der Waals surface area contributed by atoms with Crippen molar-refractivity contribution in [3.63, 3.8) is 0 Å². The highest BCUT2D eigenvalue weighted by molar-refractivity contribution is 8.02. The Morgan fingerprint density at radius 1 is 1.50 bits per heavy atom. The van der Waals surface area contributed by atoms with E-state index in [-0.39, 0.29) is 0 Å². The quantitative estimate of drug-likeness (QED) is 0.455. The summed E-state index contributed by atoms with van der Waals surface area (Å²) in [7, 11) is 0. The lowest BCUT2D eigenvalue weighted by molar-refractivity contribution is 1.14. The molecule has 1 heterocycles. The van der Waals surface area contributed by atoms with E-state index in [9.17, 15) is 0 Å². The third-order valence-corrected chi connectivity index (χ3v) is 6.22. The van der Waals surface area contributed by atoms with Crippen molar-refractivity contribution in [2.75, 3.05) is 5.38 Å². The van der Waals surface area contributed by atoms with Crippen LogP contribution in [0.4, 0.5) is 0 Å². The van der Waals surface area contributed by atoms with Gasteiger partial charge in [0, 0.05) is 11.6 Å². The Balaban J connectivity index is 2.44. The average Bonchev–Trinajstić information content (AvgIpc) is 2.02. The van der Waals surface area contributed by atoms with Crippen LogP contribution in [-0.4, -0.2) is 17.1 Å². The van der Waals surface area contributed by atoms with Gasteiger partial charge in [-0.25, -0.2) is 4.98 Å². The molecule has 0 amide bonds. The van der Waals surface area contributed by atoms with Gasteiger partial charge in [0.2, 0.25) is 0 Å². The van der Waals surface area contributed by atoms with Crippen LogP contribution in [0.2, 0.25) is 6.55 Å². The van der Waals surface area contributed by atoms with Crippen LogP contribution in [0.1, 0.15) is 0 Å². The maximum Gasteiger partial charge on any atom is 0.258 e. The number of aromatic nitrogens is 1. The molecule has 1 aromatic rings. The number of hydrogen-bond acceptors (Lipinski definition) is 2. The van der Waals surface area contributed by atoms with Crippen molar-refractivity contribution in [1.29, 1.82) is 0 Å². The number of nitrogens with zero attached hydrogens (tertiary/aromatic N) is 1. The fourth-order valence-corrected chi connectivity index (χ4v) is 3.53. The highest BCUT2D eigenvalue weighted by Gasteiger charge is 2.20. The summed E-state index contributed by atoms with van der Waals surface area (Å²) in [5.74, 6) is 0. The summed E-state index contributed by atoms with van der Waals surface area (Å²) in [5.41, 5.74) is 0. The summed E-state index contributed by atoms with van der Waals surface area (Å²) < 4.78 is 0. The van der Waals surface area contributed by atoms with Crippen molar-refractivity contribution in [2.45, 2.75) is 11.6 Å². The molecule has 0 N–H and O–H groups in total. The summed E-state index contributed by atoms with van der Waals surface area (Å²) in [4.78, 5) is 4.15. The molecule has 0 radical (unpaired) electrons. The molecule has 1 nitrogen and oxygen atoms in total. The number of hydrogen-bond donors (Lipinski definition) is 0. The second-order valence-electron chi connectivity index (χ2n) is 2.53. The smallest absolute Gasteiger partial charge is 0.250 e. The first-order valence-electron chi connectivity index (χ1n) is 3.49. The van der Waals surface area contributed by atoms with Crippen molar-refractivity contribution < 1.29 is 0 Å². The Kier molecular flexibility index (Phi) is 3.90. The van der Waals surface area contributed by atoms with Gasteiger partial charge in [0.15, 0.2) is 0 Å². The second-order valence-corrected chi connectivity index (χ2v) is 12.1. The van der Waals surface area contributed by atoms with Gasteiger partial charge >= 0.3 is 0 Å². The molecule has 1 aromatic heterocycles. The van der Waals surface area contributed by atoms with Crippen LogP contribution in [0.15, 0.2) is 29.4 Å². The van der Waals surface area contributed by atoms with Crippen molar-refractivity contribution >= 4 is 40.6 Å². The molecular weight excluding hydrogens is 229 g/mol. The molecule has 0 saturated heterocycles. The molecule has 0 saturated carbocycles. The zero-order valence-corrected chi connectivity index (χ0v) is 9.96. The number of thioether (sulfide) groups is 1. The first-order valence-corrected chi connectivity index (χ1v) is 9.21. The average molecular weight is 238 g/mol. The predicted octanol–water partition coefficient (Wildman–Crippen LogP) is 3.26. The zero-order valence-electron chi connectivity index (χ0n) is 6.63. The van der Waals surface area contributed by atoms with E-state index in [1.165, 1.54) is 0 Å². The van der Waals surface area contributed by atoms with Crippen molar-refractivity contribution in [2.24, 2.45) is 0 Å². The van der Waals surface area contributed by atoms with Gasteiger partial charge in [-0.15, -0.1) is 33.9 Å². The van der Waals surface area contributed by atoms with E-state index in [1.54, 1.807) is 18.0 Å². The third-order valence-electron chi connectivity index (χ3n) is 1.11. The molecule has 0 atom stereocenters. The highest BCUT2D eigenvalue weighted by Crippen LogP contribution is 2.24. The van der Waals surface area contributed by atoms with Crippen LogP contribution < -0.4 is 0 Å². The first kappa shape index (κ1) is 10.4. The molecule has 0 fully saturated rings. The van der Waals surface area contributed by atoms with E-state index in [0.717, 1.165) is 10.4 Å². The van der Waals surface area contributed by atoms with Crippen molar-refractivity contribution in [1.82, 2.24) is 4.98 Å². The molecule has 5 heteroatoms. The van der Waals surface area contributed by atoms with Gasteiger partial charge in [0.1, 0.15) is 0 Å². The number of rotatable bonds is 3. The molecule has 0 spiro atoms.